The zero-order valence-corrected chi connectivity index (χ0v) is 20.9. The van der Waals surface area contributed by atoms with Crippen LogP contribution >= 0.6 is 0 Å². The van der Waals surface area contributed by atoms with E-state index in [1.54, 1.807) is 33.9 Å². The molecule has 3 aromatic rings. The molecule has 3 aliphatic heterocycles. The standard InChI is InChI=1S/C27H27N3O7/c1-32-22-9-16(10-23(33-2)26(22)34-3)24-17-11-20-21(37-15-36-20)12-18(17)30(19-13-35-27(31)25(19)24)7-4-6-29-8-5-28-14-29/h5,8-12,14,24H,4,6-7,13,15H2,1-3H3. The summed E-state index contributed by atoms with van der Waals surface area (Å²) in [4.78, 5) is 19.5. The molecule has 0 amide bonds. The van der Waals surface area contributed by atoms with Gasteiger partial charge in [-0.3, -0.25) is 0 Å². The first-order valence-corrected chi connectivity index (χ1v) is 12.0. The van der Waals surface area contributed by atoms with Crippen molar-refractivity contribution in [3.8, 4) is 28.7 Å². The Bertz CT molecular complexity index is 1360. The maximum atomic E-state index is 13.2. The van der Waals surface area contributed by atoms with Crippen molar-refractivity contribution in [3.05, 3.63) is 65.4 Å². The Morgan fingerprint density at radius 2 is 1.73 bits per heavy atom. The van der Waals surface area contributed by atoms with Crippen molar-refractivity contribution < 1.29 is 33.2 Å². The second-order valence-electron chi connectivity index (χ2n) is 8.90. The molecule has 1 aromatic heterocycles. The molecule has 192 valence electrons. The van der Waals surface area contributed by atoms with Gasteiger partial charge in [0.2, 0.25) is 12.5 Å². The molecule has 0 bridgehead atoms. The van der Waals surface area contributed by atoms with Gasteiger partial charge in [0.1, 0.15) is 6.61 Å². The molecule has 0 N–H and O–H groups in total. The minimum atomic E-state index is -0.423. The molecule has 1 atom stereocenters. The molecule has 10 nitrogen and oxygen atoms in total. The second kappa shape index (κ2) is 9.27. The zero-order chi connectivity index (χ0) is 25.5. The largest absolute Gasteiger partial charge is 0.493 e. The van der Waals surface area contributed by atoms with Crippen LogP contribution in [0.2, 0.25) is 0 Å². The highest BCUT2D eigenvalue weighted by Gasteiger charge is 2.43. The van der Waals surface area contributed by atoms with Crippen LogP contribution in [0.3, 0.4) is 0 Å². The lowest BCUT2D eigenvalue weighted by molar-refractivity contribution is -0.136. The van der Waals surface area contributed by atoms with E-state index in [4.69, 9.17) is 28.4 Å². The molecule has 10 heteroatoms. The quantitative estimate of drug-likeness (QED) is 0.427. The number of benzene rings is 2. The number of nitrogens with zero attached hydrogens (tertiary/aromatic N) is 3. The van der Waals surface area contributed by atoms with E-state index in [9.17, 15) is 4.79 Å². The predicted octanol–water partition coefficient (Wildman–Crippen LogP) is 3.49. The van der Waals surface area contributed by atoms with Crippen LogP contribution in [0, 0.1) is 0 Å². The lowest BCUT2D eigenvalue weighted by Gasteiger charge is -2.36. The van der Waals surface area contributed by atoms with Gasteiger partial charge < -0.3 is 37.9 Å². The third kappa shape index (κ3) is 3.80. The molecule has 37 heavy (non-hydrogen) atoms. The average Bonchev–Trinajstić information content (AvgIpc) is 3.68. The van der Waals surface area contributed by atoms with Crippen LogP contribution in [-0.4, -0.2) is 56.8 Å². The zero-order valence-electron chi connectivity index (χ0n) is 20.9. The maximum Gasteiger partial charge on any atom is 0.337 e. The predicted molar refractivity (Wildman–Crippen MR) is 133 cm³/mol. The number of ether oxygens (including phenoxy) is 6. The van der Waals surface area contributed by atoms with Crippen LogP contribution < -0.4 is 28.6 Å². The highest BCUT2D eigenvalue weighted by atomic mass is 16.7. The molecule has 2 aromatic carbocycles. The van der Waals surface area contributed by atoms with Crippen LogP contribution in [0.5, 0.6) is 28.7 Å². The van der Waals surface area contributed by atoms with Gasteiger partial charge in [0.15, 0.2) is 23.0 Å². The molecule has 6 rings (SSSR count). The summed E-state index contributed by atoms with van der Waals surface area (Å²) in [6, 6.07) is 7.72. The van der Waals surface area contributed by atoms with E-state index in [1.807, 2.05) is 35.0 Å². The normalized spacial score (nSPS) is 17.4. The molecule has 0 spiro atoms. The van der Waals surface area contributed by atoms with Crippen LogP contribution in [0.4, 0.5) is 5.69 Å². The summed E-state index contributed by atoms with van der Waals surface area (Å²) in [5, 5.41) is 0. The first-order chi connectivity index (χ1) is 18.1. The van der Waals surface area contributed by atoms with Crippen molar-refractivity contribution in [1.29, 1.82) is 0 Å². The van der Waals surface area contributed by atoms with Gasteiger partial charge in [-0.25, -0.2) is 9.78 Å². The summed E-state index contributed by atoms with van der Waals surface area (Å²) in [7, 11) is 4.71. The number of hydrogen-bond donors (Lipinski definition) is 0. The smallest absolute Gasteiger partial charge is 0.337 e. The van der Waals surface area contributed by atoms with Crippen LogP contribution in [0.1, 0.15) is 23.5 Å². The number of fused-ring (bicyclic) bond motifs is 2. The van der Waals surface area contributed by atoms with Gasteiger partial charge in [0.25, 0.3) is 0 Å². The highest BCUT2D eigenvalue weighted by molar-refractivity contribution is 5.98. The fraction of sp³-hybridized carbons (Fsp3) is 0.333. The first kappa shape index (κ1) is 23.1. The van der Waals surface area contributed by atoms with Gasteiger partial charge in [-0.15, -0.1) is 0 Å². The number of rotatable bonds is 8. The number of imidazole rings is 1. The molecule has 0 saturated heterocycles. The van der Waals surface area contributed by atoms with Gasteiger partial charge in [0, 0.05) is 43.2 Å². The van der Waals surface area contributed by atoms with Crippen LogP contribution in [0.15, 0.2) is 54.3 Å². The molecule has 1 unspecified atom stereocenters. The topological polar surface area (TPSA) is 93.5 Å². The third-order valence-corrected chi connectivity index (χ3v) is 6.99. The summed E-state index contributed by atoms with van der Waals surface area (Å²) < 4.78 is 35.9. The Kier molecular flexibility index (Phi) is 5.78. The molecule has 3 aliphatic rings. The van der Waals surface area contributed by atoms with Crippen LogP contribution in [-0.2, 0) is 16.1 Å². The van der Waals surface area contributed by atoms with E-state index in [0.717, 1.165) is 35.5 Å². The molecule has 4 heterocycles. The van der Waals surface area contributed by atoms with E-state index in [-0.39, 0.29) is 19.4 Å². The van der Waals surface area contributed by atoms with Crippen molar-refractivity contribution in [1.82, 2.24) is 9.55 Å². The van der Waals surface area contributed by atoms with Crippen molar-refractivity contribution >= 4 is 11.7 Å². The minimum Gasteiger partial charge on any atom is -0.493 e. The third-order valence-electron chi connectivity index (χ3n) is 6.99. The van der Waals surface area contributed by atoms with E-state index in [0.29, 0.717) is 40.9 Å². The van der Waals surface area contributed by atoms with Gasteiger partial charge in [-0.2, -0.15) is 0 Å². The molecule has 0 saturated carbocycles. The number of carbonyl (C=O) groups excluding carboxylic acids is 1. The van der Waals surface area contributed by atoms with E-state index >= 15 is 0 Å². The number of aryl methyl sites for hydroxylation is 1. The Balaban J connectivity index is 1.49. The molecule has 0 fully saturated rings. The summed E-state index contributed by atoms with van der Waals surface area (Å²) in [6.07, 6.45) is 6.35. The molecular weight excluding hydrogens is 478 g/mol. The fourth-order valence-corrected chi connectivity index (χ4v) is 5.33. The molecule has 0 aliphatic carbocycles. The van der Waals surface area contributed by atoms with Crippen molar-refractivity contribution in [2.45, 2.75) is 18.9 Å². The molecular formula is C27H27N3O7. The van der Waals surface area contributed by atoms with Gasteiger partial charge >= 0.3 is 5.97 Å². The SMILES string of the molecule is COc1cc(C2C3=C(COC3=O)N(CCCn3ccnc3)c3cc4c(cc32)OCO4)cc(OC)c1OC. The van der Waals surface area contributed by atoms with Gasteiger partial charge in [-0.05, 0) is 35.7 Å². The second-order valence-corrected chi connectivity index (χ2v) is 8.90. The number of anilines is 1. The van der Waals surface area contributed by atoms with Crippen molar-refractivity contribution in [3.63, 3.8) is 0 Å². The Morgan fingerprint density at radius 3 is 2.41 bits per heavy atom. The summed E-state index contributed by atoms with van der Waals surface area (Å²) in [5.41, 5.74) is 4.13. The lowest BCUT2D eigenvalue weighted by atomic mass is 9.80. The summed E-state index contributed by atoms with van der Waals surface area (Å²) >= 11 is 0. The van der Waals surface area contributed by atoms with E-state index in [1.165, 1.54) is 0 Å². The van der Waals surface area contributed by atoms with E-state index in [2.05, 4.69) is 9.88 Å². The highest BCUT2D eigenvalue weighted by Crippen LogP contribution is 2.53. The minimum absolute atomic E-state index is 0.156. The van der Waals surface area contributed by atoms with Crippen molar-refractivity contribution in [2.24, 2.45) is 0 Å². The van der Waals surface area contributed by atoms with Gasteiger partial charge in [0.05, 0.1) is 38.9 Å². The Hall–Kier alpha value is -4.34. The number of carbonyl (C=O) groups is 1. The monoisotopic (exact) mass is 505 g/mol. The number of methoxy groups -OCH3 is 3. The summed E-state index contributed by atoms with van der Waals surface area (Å²) in [5.74, 6) is 2.07. The van der Waals surface area contributed by atoms with E-state index < -0.39 is 5.92 Å². The number of aromatic nitrogens is 2. The lowest BCUT2D eigenvalue weighted by Crippen LogP contribution is -2.32. The number of hydrogen-bond acceptors (Lipinski definition) is 9. The van der Waals surface area contributed by atoms with Gasteiger partial charge in [-0.1, -0.05) is 0 Å². The maximum absolute atomic E-state index is 13.2. The Morgan fingerprint density at radius 1 is 0.973 bits per heavy atom. The van der Waals surface area contributed by atoms with Crippen molar-refractivity contribution in [2.75, 3.05) is 46.2 Å². The average molecular weight is 506 g/mol. The van der Waals surface area contributed by atoms with Crippen LogP contribution in [0.25, 0.3) is 0 Å². The Labute approximate surface area is 213 Å². The number of esters is 1. The fourth-order valence-electron chi connectivity index (χ4n) is 5.33. The first-order valence-electron chi connectivity index (χ1n) is 12.0. The number of cyclic esters (lactones) is 1. The summed E-state index contributed by atoms with van der Waals surface area (Å²) in [6.45, 7) is 1.84. The molecule has 0 radical (unpaired) electrons.